The van der Waals surface area contributed by atoms with Gasteiger partial charge in [-0.3, -0.25) is 9.69 Å². The molecule has 1 saturated heterocycles. The first-order valence-electron chi connectivity index (χ1n) is 8.98. The van der Waals surface area contributed by atoms with Crippen LogP contribution in [-0.2, 0) is 0 Å². The van der Waals surface area contributed by atoms with Crippen molar-refractivity contribution in [3.63, 3.8) is 0 Å². The van der Waals surface area contributed by atoms with E-state index >= 15 is 0 Å². The van der Waals surface area contributed by atoms with E-state index in [1.54, 1.807) is 0 Å². The molecule has 7 heteroatoms. The highest BCUT2D eigenvalue weighted by Crippen LogP contribution is 2.36. The van der Waals surface area contributed by atoms with Crippen LogP contribution in [0.2, 0.25) is 0 Å². The van der Waals surface area contributed by atoms with Crippen molar-refractivity contribution in [1.82, 2.24) is 10.2 Å². The average Bonchev–Trinajstić information content (AvgIpc) is 3.35. The summed E-state index contributed by atoms with van der Waals surface area (Å²) in [6, 6.07) is 8.90. The van der Waals surface area contributed by atoms with Crippen molar-refractivity contribution < 1.29 is 23.0 Å². The summed E-state index contributed by atoms with van der Waals surface area (Å²) in [5.41, 5.74) is 1.12. The van der Waals surface area contributed by atoms with Crippen LogP contribution in [0, 0.1) is 11.6 Å². The van der Waals surface area contributed by atoms with Gasteiger partial charge in [-0.05, 0) is 61.8 Å². The number of fused-ring (bicyclic) bond motifs is 1. The molecule has 0 saturated carbocycles. The van der Waals surface area contributed by atoms with Gasteiger partial charge < -0.3 is 14.8 Å². The highest BCUT2D eigenvalue weighted by atomic mass is 19.2. The summed E-state index contributed by atoms with van der Waals surface area (Å²) in [5.74, 6) is -1.02. The molecular weight excluding hydrogens is 354 g/mol. The standard InChI is InChI=1S/C20H20F2N2O3/c21-15-5-3-14(9-16(15)22)20(25)23-11-17(24-7-1-2-8-24)13-4-6-18-19(10-13)27-12-26-18/h3-6,9-10,17H,1-2,7-8,11-12H2,(H,23,25). The summed E-state index contributed by atoms with van der Waals surface area (Å²) in [5, 5.41) is 2.85. The molecule has 27 heavy (non-hydrogen) atoms. The van der Waals surface area contributed by atoms with E-state index in [1.165, 1.54) is 6.07 Å². The fraction of sp³-hybridized carbons (Fsp3) is 0.350. The third-order valence-corrected chi connectivity index (χ3v) is 5.00. The number of hydrogen-bond acceptors (Lipinski definition) is 4. The van der Waals surface area contributed by atoms with E-state index in [4.69, 9.17) is 9.47 Å². The van der Waals surface area contributed by atoms with Crippen molar-refractivity contribution in [3.8, 4) is 11.5 Å². The molecule has 1 unspecified atom stereocenters. The molecule has 1 atom stereocenters. The van der Waals surface area contributed by atoms with Gasteiger partial charge in [0.05, 0.1) is 6.04 Å². The molecule has 2 aliphatic heterocycles. The number of hydrogen-bond donors (Lipinski definition) is 1. The Kier molecular flexibility index (Phi) is 4.94. The van der Waals surface area contributed by atoms with Crippen LogP contribution in [0.25, 0.3) is 0 Å². The first-order valence-corrected chi connectivity index (χ1v) is 8.98. The molecule has 0 aliphatic carbocycles. The average molecular weight is 374 g/mol. The number of ether oxygens (including phenoxy) is 2. The molecule has 142 valence electrons. The van der Waals surface area contributed by atoms with Crippen LogP contribution in [0.3, 0.4) is 0 Å². The van der Waals surface area contributed by atoms with Crippen molar-refractivity contribution in [2.24, 2.45) is 0 Å². The normalized spacial score (nSPS) is 17.1. The maximum absolute atomic E-state index is 13.4. The Labute approximate surface area is 155 Å². The highest BCUT2D eigenvalue weighted by molar-refractivity contribution is 5.94. The molecule has 0 bridgehead atoms. The molecule has 2 heterocycles. The molecule has 1 fully saturated rings. The summed E-state index contributed by atoms with van der Waals surface area (Å²) >= 11 is 0. The largest absolute Gasteiger partial charge is 0.454 e. The van der Waals surface area contributed by atoms with Gasteiger partial charge in [-0.1, -0.05) is 6.07 Å². The van der Waals surface area contributed by atoms with Gasteiger partial charge in [0.15, 0.2) is 23.1 Å². The van der Waals surface area contributed by atoms with Gasteiger partial charge in [0.2, 0.25) is 6.79 Å². The molecule has 2 aliphatic rings. The zero-order valence-electron chi connectivity index (χ0n) is 14.7. The van der Waals surface area contributed by atoms with Gasteiger partial charge in [0, 0.05) is 12.1 Å². The lowest BCUT2D eigenvalue weighted by Crippen LogP contribution is -2.36. The van der Waals surface area contributed by atoms with Crippen LogP contribution in [0.15, 0.2) is 36.4 Å². The lowest BCUT2D eigenvalue weighted by molar-refractivity contribution is 0.0937. The zero-order chi connectivity index (χ0) is 18.8. The Morgan fingerprint density at radius 1 is 1.04 bits per heavy atom. The number of halogens is 2. The summed E-state index contributed by atoms with van der Waals surface area (Å²) in [4.78, 5) is 14.7. The Morgan fingerprint density at radius 3 is 2.59 bits per heavy atom. The minimum Gasteiger partial charge on any atom is -0.454 e. The van der Waals surface area contributed by atoms with E-state index in [0.717, 1.165) is 43.6 Å². The number of rotatable bonds is 5. The smallest absolute Gasteiger partial charge is 0.251 e. The Hall–Kier alpha value is -2.67. The molecule has 0 aromatic heterocycles. The molecule has 2 aromatic carbocycles. The summed E-state index contributed by atoms with van der Waals surface area (Å²) in [6.45, 7) is 2.46. The van der Waals surface area contributed by atoms with Gasteiger partial charge in [0.1, 0.15) is 0 Å². The first-order chi connectivity index (χ1) is 13.1. The zero-order valence-corrected chi connectivity index (χ0v) is 14.7. The molecular formula is C20H20F2N2O3. The number of amides is 1. The van der Waals surface area contributed by atoms with Gasteiger partial charge in [-0.15, -0.1) is 0 Å². The molecule has 1 N–H and O–H groups in total. The lowest BCUT2D eigenvalue weighted by Gasteiger charge is -2.28. The van der Waals surface area contributed by atoms with Crippen molar-refractivity contribution >= 4 is 5.91 Å². The number of carbonyl (C=O) groups excluding carboxylic acids is 1. The second-order valence-corrected chi connectivity index (χ2v) is 6.71. The fourth-order valence-corrected chi connectivity index (χ4v) is 3.56. The maximum Gasteiger partial charge on any atom is 0.251 e. The molecule has 0 radical (unpaired) electrons. The molecule has 5 nitrogen and oxygen atoms in total. The number of benzene rings is 2. The number of nitrogens with zero attached hydrogens (tertiary/aromatic N) is 1. The van der Waals surface area contributed by atoms with Gasteiger partial charge in [-0.2, -0.15) is 0 Å². The number of likely N-dealkylation sites (tertiary alicyclic amines) is 1. The monoisotopic (exact) mass is 374 g/mol. The molecule has 2 aromatic rings. The third kappa shape index (κ3) is 3.73. The highest BCUT2D eigenvalue weighted by Gasteiger charge is 2.26. The minimum atomic E-state index is -1.03. The van der Waals surface area contributed by atoms with Crippen LogP contribution >= 0.6 is 0 Å². The van der Waals surface area contributed by atoms with Crippen molar-refractivity contribution in [1.29, 1.82) is 0 Å². The second kappa shape index (κ2) is 7.52. The number of carbonyl (C=O) groups is 1. The van der Waals surface area contributed by atoms with Gasteiger partial charge >= 0.3 is 0 Å². The van der Waals surface area contributed by atoms with E-state index < -0.39 is 17.5 Å². The maximum atomic E-state index is 13.4. The van der Waals surface area contributed by atoms with Crippen molar-refractivity contribution in [3.05, 3.63) is 59.2 Å². The predicted molar refractivity (Wildman–Crippen MR) is 94.8 cm³/mol. The van der Waals surface area contributed by atoms with Crippen LogP contribution < -0.4 is 14.8 Å². The van der Waals surface area contributed by atoms with Gasteiger partial charge in [0.25, 0.3) is 5.91 Å². The SMILES string of the molecule is O=C(NCC(c1ccc2c(c1)OCO2)N1CCCC1)c1ccc(F)c(F)c1. The Morgan fingerprint density at radius 2 is 1.81 bits per heavy atom. The van der Waals surface area contributed by atoms with E-state index in [1.807, 2.05) is 18.2 Å². The lowest BCUT2D eigenvalue weighted by atomic mass is 10.0. The molecule has 0 spiro atoms. The third-order valence-electron chi connectivity index (χ3n) is 5.00. The number of nitrogens with one attached hydrogen (secondary N) is 1. The van der Waals surface area contributed by atoms with Crippen LogP contribution in [0.1, 0.15) is 34.8 Å². The molecule has 4 rings (SSSR count). The van der Waals surface area contributed by atoms with E-state index in [-0.39, 0.29) is 18.4 Å². The summed E-state index contributed by atoms with van der Waals surface area (Å²) < 4.78 is 37.3. The van der Waals surface area contributed by atoms with Gasteiger partial charge in [-0.25, -0.2) is 8.78 Å². The first kappa shape index (κ1) is 17.7. The Bertz CT molecular complexity index is 853. The van der Waals surface area contributed by atoms with Crippen molar-refractivity contribution in [2.75, 3.05) is 26.4 Å². The second-order valence-electron chi connectivity index (χ2n) is 6.71. The minimum absolute atomic E-state index is 0.0313. The quantitative estimate of drug-likeness (QED) is 0.873. The predicted octanol–water partition coefficient (Wildman–Crippen LogP) is 3.26. The fourth-order valence-electron chi connectivity index (χ4n) is 3.56. The topological polar surface area (TPSA) is 50.8 Å². The van der Waals surface area contributed by atoms with Crippen molar-refractivity contribution in [2.45, 2.75) is 18.9 Å². The Balaban J connectivity index is 1.51. The summed E-state index contributed by atoms with van der Waals surface area (Å²) in [6.07, 6.45) is 2.22. The molecule has 1 amide bonds. The van der Waals surface area contributed by atoms with Crippen LogP contribution in [0.5, 0.6) is 11.5 Å². The van der Waals surface area contributed by atoms with E-state index in [2.05, 4.69) is 10.2 Å². The van der Waals surface area contributed by atoms with E-state index in [9.17, 15) is 13.6 Å². The van der Waals surface area contributed by atoms with Crippen LogP contribution in [-0.4, -0.2) is 37.2 Å². The summed E-state index contributed by atoms with van der Waals surface area (Å²) in [7, 11) is 0. The van der Waals surface area contributed by atoms with E-state index in [0.29, 0.717) is 18.0 Å². The van der Waals surface area contributed by atoms with Crippen LogP contribution in [0.4, 0.5) is 8.78 Å².